The van der Waals surface area contributed by atoms with Crippen LogP contribution in [0.1, 0.15) is 12.8 Å². The third kappa shape index (κ3) is 1.03. The van der Waals surface area contributed by atoms with E-state index >= 15 is 0 Å². The molecule has 3 aliphatic rings. The number of hydrogen-bond donors (Lipinski definition) is 2. The molecule has 0 saturated carbocycles. The SMILES string of the molecule is NC1C2CCN(CC2)C1C(=O)O. The Morgan fingerprint density at radius 1 is 1.42 bits per heavy atom. The maximum Gasteiger partial charge on any atom is 0.322 e. The average molecular weight is 170 g/mol. The largest absolute Gasteiger partial charge is 0.480 e. The van der Waals surface area contributed by atoms with Crippen LogP contribution in [0.4, 0.5) is 0 Å². The molecule has 3 N–H and O–H groups in total. The Labute approximate surface area is 71.3 Å². The van der Waals surface area contributed by atoms with E-state index in [-0.39, 0.29) is 6.04 Å². The highest BCUT2D eigenvalue weighted by atomic mass is 16.4. The molecule has 0 amide bonds. The van der Waals surface area contributed by atoms with E-state index in [4.69, 9.17) is 10.8 Å². The number of piperidine rings is 3. The van der Waals surface area contributed by atoms with Crippen molar-refractivity contribution in [3.63, 3.8) is 0 Å². The van der Waals surface area contributed by atoms with Crippen LogP contribution in [-0.4, -0.2) is 41.1 Å². The van der Waals surface area contributed by atoms with Crippen LogP contribution in [0.15, 0.2) is 0 Å². The van der Waals surface area contributed by atoms with Gasteiger partial charge in [-0.2, -0.15) is 0 Å². The molecule has 2 atom stereocenters. The molecule has 3 rings (SSSR count). The number of carboxylic acids is 1. The normalized spacial score (nSPS) is 46.1. The summed E-state index contributed by atoms with van der Waals surface area (Å²) in [6.45, 7) is 1.82. The van der Waals surface area contributed by atoms with Crippen molar-refractivity contribution in [1.82, 2.24) is 4.90 Å². The molecule has 0 radical (unpaired) electrons. The van der Waals surface area contributed by atoms with E-state index in [1.807, 2.05) is 4.90 Å². The third-order valence-corrected chi connectivity index (χ3v) is 3.13. The van der Waals surface area contributed by atoms with Crippen LogP contribution < -0.4 is 5.73 Å². The molecule has 68 valence electrons. The van der Waals surface area contributed by atoms with E-state index in [9.17, 15) is 4.79 Å². The summed E-state index contributed by atoms with van der Waals surface area (Å²) in [4.78, 5) is 12.8. The predicted molar refractivity (Wildman–Crippen MR) is 43.7 cm³/mol. The lowest BCUT2D eigenvalue weighted by molar-refractivity contribution is -0.148. The molecule has 3 fully saturated rings. The summed E-state index contributed by atoms with van der Waals surface area (Å²) in [6.07, 6.45) is 2.15. The first-order valence-electron chi connectivity index (χ1n) is 4.42. The van der Waals surface area contributed by atoms with Gasteiger partial charge in [0.1, 0.15) is 6.04 Å². The minimum Gasteiger partial charge on any atom is -0.480 e. The Morgan fingerprint density at radius 2 is 2.00 bits per heavy atom. The zero-order chi connectivity index (χ0) is 8.72. The van der Waals surface area contributed by atoms with Crippen LogP contribution in [0.5, 0.6) is 0 Å². The molecule has 2 unspecified atom stereocenters. The van der Waals surface area contributed by atoms with Gasteiger partial charge >= 0.3 is 5.97 Å². The molecule has 4 nitrogen and oxygen atoms in total. The first-order valence-corrected chi connectivity index (χ1v) is 4.42. The lowest BCUT2D eigenvalue weighted by atomic mass is 9.79. The Bertz CT molecular complexity index is 197. The second-order valence-corrected chi connectivity index (χ2v) is 3.73. The van der Waals surface area contributed by atoms with Gasteiger partial charge in [0.05, 0.1) is 0 Å². The van der Waals surface area contributed by atoms with Gasteiger partial charge in [-0.1, -0.05) is 0 Å². The van der Waals surface area contributed by atoms with Crippen LogP contribution in [-0.2, 0) is 4.79 Å². The average Bonchev–Trinajstić information content (AvgIpc) is 2.05. The molecule has 4 heteroatoms. The fourth-order valence-electron chi connectivity index (χ4n) is 2.40. The second kappa shape index (κ2) is 2.71. The quantitative estimate of drug-likeness (QED) is 0.556. The molecular formula is C8H14N2O2. The minimum atomic E-state index is -0.757. The smallest absolute Gasteiger partial charge is 0.322 e. The number of hydrogen-bond acceptors (Lipinski definition) is 3. The highest BCUT2D eigenvalue weighted by molar-refractivity contribution is 5.75. The van der Waals surface area contributed by atoms with E-state index in [0.717, 1.165) is 25.9 Å². The zero-order valence-electron chi connectivity index (χ0n) is 6.94. The van der Waals surface area contributed by atoms with Crippen molar-refractivity contribution in [2.24, 2.45) is 11.7 Å². The van der Waals surface area contributed by atoms with Gasteiger partial charge < -0.3 is 10.8 Å². The standard InChI is InChI=1S/C8H14N2O2/c9-6-5-1-3-10(4-2-5)7(6)8(11)12/h5-7H,1-4,9H2,(H,11,12). The summed E-state index contributed by atoms with van der Waals surface area (Å²) < 4.78 is 0. The number of carbonyl (C=O) groups is 1. The highest BCUT2D eigenvalue weighted by Gasteiger charge is 2.43. The topological polar surface area (TPSA) is 66.6 Å². The van der Waals surface area contributed by atoms with Gasteiger partial charge in [0, 0.05) is 6.04 Å². The van der Waals surface area contributed by atoms with E-state index in [2.05, 4.69) is 0 Å². The van der Waals surface area contributed by atoms with Gasteiger partial charge in [-0.15, -0.1) is 0 Å². The van der Waals surface area contributed by atoms with E-state index in [1.54, 1.807) is 0 Å². The molecule has 3 saturated heterocycles. The maximum absolute atomic E-state index is 10.8. The number of nitrogens with two attached hydrogens (primary N) is 1. The van der Waals surface area contributed by atoms with Crippen molar-refractivity contribution >= 4 is 5.97 Å². The van der Waals surface area contributed by atoms with Crippen molar-refractivity contribution in [2.75, 3.05) is 13.1 Å². The molecule has 0 aromatic carbocycles. The summed E-state index contributed by atoms with van der Waals surface area (Å²) in [5, 5.41) is 8.91. The molecule has 2 bridgehead atoms. The van der Waals surface area contributed by atoms with Crippen LogP contribution in [0, 0.1) is 5.92 Å². The fourth-order valence-corrected chi connectivity index (χ4v) is 2.40. The van der Waals surface area contributed by atoms with E-state index in [1.165, 1.54) is 0 Å². The maximum atomic E-state index is 10.8. The Hall–Kier alpha value is -0.610. The molecular weight excluding hydrogens is 156 g/mol. The number of fused-ring (bicyclic) bond motifs is 3. The third-order valence-electron chi connectivity index (χ3n) is 3.13. The number of rotatable bonds is 1. The fraction of sp³-hybridized carbons (Fsp3) is 0.875. The van der Waals surface area contributed by atoms with Crippen molar-refractivity contribution in [1.29, 1.82) is 0 Å². The number of aliphatic carboxylic acids is 1. The highest BCUT2D eigenvalue weighted by Crippen LogP contribution is 2.30. The van der Waals surface area contributed by atoms with Crippen LogP contribution in [0.2, 0.25) is 0 Å². The van der Waals surface area contributed by atoms with Gasteiger partial charge in [-0.05, 0) is 31.8 Å². The van der Waals surface area contributed by atoms with Gasteiger partial charge in [0.2, 0.25) is 0 Å². The van der Waals surface area contributed by atoms with E-state index in [0.29, 0.717) is 5.92 Å². The summed E-state index contributed by atoms with van der Waals surface area (Å²) in [6, 6.07) is -0.567. The van der Waals surface area contributed by atoms with Gasteiger partial charge in [-0.3, -0.25) is 9.69 Å². The summed E-state index contributed by atoms with van der Waals surface area (Å²) in [5.41, 5.74) is 5.84. The molecule has 3 heterocycles. The van der Waals surface area contributed by atoms with Crippen LogP contribution in [0.3, 0.4) is 0 Å². The Morgan fingerprint density at radius 3 is 2.33 bits per heavy atom. The van der Waals surface area contributed by atoms with Crippen LogP contribution >= 0.6 is 0 Å². The monoisotopic (exact) mass is 170 g/mol. The molecule has 0 aliphatic carbocycles. The predicted octanol–water partition coefficient (Wildman–Crippen LogP) is -0.507. The van der Waals surface area contributed by atoms with Gasteiger partial charge in [0.25, 0.3) is 0 Å². The molecule has 12 heavy (non-hydrogen) atoms. The first-order chi connectivity index (χ1) is 5.70. The zero-order valence-corrected chi connectivity index (χ0v) is 6.94. The van der Waals surface area contributed by atoms with Gasteiger partial charge in [-0.25, -0.2) is 0 Å². The summed E-state index contributed by atoms with van der Waals surface area (Å²) in [7, 11) is 0. The first kappa shape index (κ1) is 8.01. The molecule has 0 aromatic heterocycles. The number of carboxylic acid groups (broad SMARTS) is 1. The van der Waals surface area contributed by atoms with Crippen molar-refractivity contribution in [3.05, 3.63) is 0 Å². The molecule has 3 aliphatic heterocycles. The molecule has 0 spiro atoms. The lowest BCUT2D eigenvalue weighted by Gasteiger charge is -2.47. The van der Waals surface area contributed by atoms with Crippen molar-refractivity contribution in [2.45, 2.75) is 24.9 Å². The van der Waals surface area contributed by atoms with Crippen molar-refractivity contribution < 1.29 is 9.90 Å². The second-order valence-electron chi connectivity index (χ2n) is 3.73. The Kier molecular flexibility index (Phi) is 1.81. The van der Waals surface area contributed by atoms with Gasteiger partial charge in [0.15, 0.2) is 0 Å². The Balaban J connectivity index is 2.18. The molecule has 0 aromatic rings. The number of nitrogens with zero attached hydrogens (tertiary/aromatic N) is 1. The van der Waals surface area contributed by atoms with Crippen LogP contribution in [0.25, 0.3) is 0 Å². The summed E-state index contributed by atoms with van der Waals surface area (Å²) in [5.74, 6) is -0.317. The lowest BCUT2D eigenvalue weighted by Crippen LogP contribution is -2.64. The van der Waals surface area contributed by atoms with E-state index < -0.39 is 12.0 Å². The summed E-state index contributed by atoms with van der Waals surface area (Å²) >= 11 is 0. The van der Waals surface area contributed by atoms with Crippen molar-refractivity contribution in [3.8, 4) is 0 Å². The minimum absolute atomic E-state index is 0.148.